The van der Waals surface area contributed by atoms with Crippen molar-refractivity contribution < 1.29 is 13.3 Å². The number of nitrogens with one attached hydrogen (secondary N) is 1. The van der Waals surface area contributed by atoms with Crippen LogP contribution in [0.3, 0.4) is 0 Å². The van der Waals surface area contributed by atoms with Gasteiger partial charge >= 0.3 is 0 Å². The number of nitriles is 1. The molecule has 0 aromatic heterocycles. The Labute approximate surface area is 147 Å². The molecule has 2 aromatic rings. The smallest absolute Gasteiger partial charge is 0.275 e. The number of benzene rings is 2. The Morgan fingerprint density at radius 3 is 2.50 bits per heavy atom. The average molecular weight is 386 g/mol. The van der Waals surface area contributed by atoms with Gasteiger partial charge in [0, 0.05) is 16.7 Å². The maximum atomic E-state index is 12.5. The summed E-state index contributed by atoms with van der Waals surface area (Å²) in [5.74, 6) is 0. The summed E-state index contributed by atoms with van der Waals surface area (Å²) in [6.07, 6.45) is 0. The van der Waals surface area contributed by atoms with Crippen LogP contribution in [0.5, 0.6) is 0 Å². The molecule has 0 spiro atoms. The first-order valence-electron chi connectivity index (χ1n) is 6.32. The van der Waals surface area contributed by atoms with Gasteiger partial charge in [0.2, 0.25) is 0 Å². The van der Waals surface area contributed by atoms with Crippen molar-refractivity contribution in [3.63, 3.8) is 0 Å². The number of halogens is 2. The van der Waals surface area contributed by atoms with E-state index in [9.17, 15) is 18.5 Å². The highest BCUT2D eigenvalue weighted by atomic mass is 35.5. The van der Waals surface area contributed by atoms with E-state index in [0.717, 1.165) is 12.1 Å². The monoisotopic (exact) mass is 385 g/mol. The molecule has 0 aliphatic heterocycles. The lowest BCUT2D eigenvalue weighted by Crippen LogP contribution is -2.14. The minimum Gasteiger partial charge on any atom is -0.278 e. The predicted octanol–water partition coefficient (Wildman–Crippen LogP) is 3.88. The Balaban J connectivity index is 2.55. The van der Waals surface area contributed by atoms with Crippen LogP contribution in [0, 0.1) is 28.4 Å². The van der Waals surface area contributed by atoms with Gasteiger partial charge in [-0.25, -0.2) is 8.42 Å². The second kappa shape index (κ2) is 6.65. The SMILES string of the molecule is Cc1c(Cl)cc(S(=O)(=O)Nc2cc(Cl)ccc2C#N)cc1[N+](=O)[O-]. The zero-order valence-electron chi connectivity index (χ0n) is 12.1. The van der Waals surface area contributed by atoms with Crippen molar-refractivity contribution >= 4 is 44.6 Å². The predicted molar refractivity (Wildman–Crippen MR) is 89.8 cm³/mol. The molecule has 0 radical (unpaired) electrons. The summed E-state index contributed by atoms with van der Waals surface area (Å²) in [7, 11) is -4.21. The van der Waals surface area contributed by atoms with Crippen LogP contribution in [0.1, 0.15) is 11.1 Å². The third kappa shape index (κ3) is 3.59. The van der Waals surface area contributed by atoms with Crippen LogP contribution in [-0.2, 0) is 10.0 Å². The highest BCUT2D eigenvalue weighted by Crippen LogP contribution is 2.31. The van der Waals surface area contributed by atoms with Crippen molar-refractivity contribution in [2.24, 2.45) is 0 Å². The molecule has 10 heteroatoms. The molecule has 1 N–H and O–H groups in total. The number of hydrogen-bond acceptors (Lipinski definition) is 5. The fourth-order valence-electron chi connectivity index (χ4n) is 1.89. The largest absolute Gasteiger partial charge is 0.278 e. The standard InChI is InChI=1S/C14H9Cl2N3O4S/c1-8-12(16)5-11(6-14(8)19(20)21)24(22,23)18-13-4-10(15)3-2-9(13)7-17/h2-6,18H,1H3. The normalized spacial score (nSPS) is 10.9. The van der Waals surface area contributed by atoms with E-state index in [4.69, 9.17) is 28.5 Å². The van der Waals surface area contributed by atoms with E-state index in [-0.39, 0.29) is 26.9 Å². The number of nitro benzene ring substituents is 1. The molecule has 0 saturated heterocycles. The molecule has 24 heavy (non-hydrogen) atoms. The van der Waals surface area contributed by atoms with E-state index in [2.05, 4.69) is 4.72 Å². The fraction of sp³-hybridized carbons (Fsp3) is 0.0714. The van der Waals surface area contributed by atoms with E-state index in [1.165, 1.54) is 25.1 Å². The lowest BCUT2D eigenvalue weighted by atomic mass is 10.2. The van der Waals surface area contributed by atoms with Gasteiger partial charge in [0.05, 0.1) is 26.1 Å². The summed E-state index contributed by atoms with van der Waals surface area (Å²) in [5.41, 5.74) is -0.254. The zero-order chi connectivity index (χ0) is 18.1. The maximum absolute atomic E-state index is 12.5. The van der Waals surface area contributed by atoms with Crippen molar-refractivity contribution in [3.8, 4) is 6.07 Å². The molecule has 0 fully saturated rings. The zero-order valence-corrected chi connectivity index (χ0v) is 14.4. The summed E-state index contributed by atoms with van der Waals surface area (Å²) >= 11 is 11.7. The number of anilines is 1. The van der Waals surface area contributed by atoms with Gasteiger partial charge in [-0.2, -0.15) is 5.26 Å². The molecule has 2 rings (SSSR count). The molecule has 0 saturated carbocycles. The van der Waals surface area contributed by atoms with Gasteiger partial charge in [0.25, 0.3) is 15.7 Å². The van der Waals surface area contributed by atoms with Crippen molar-refractivity contribution in [1.82, 2.24) is 0 Å². The van der Waals surface area contributed by atoms with Gasteiger partial charge in [-0.3, -0.25) is 14.8 Å². The minimum atomic E-state index is -4.21. The molecule has 0 heterocycles. The van der Waals surface area contributed by atoms with Gasteiger partial charge in [-0.05, 0) is 31.2 Å². The first-order chi connectivity index (χ1) is 11.2. The quantitative estimate of drug-likeness (QED) is 0.633. The molecule has 0 aliphatic rings. The van der Waals surface area contributed by atoms with Crippen molar-refractivity contribution in [3.05, 3.63) is 61.6 Å². The average Bonchev–Trinajstić information content (AvgIpc) is 2.49. The molecule has 124 valence electrons. The minimum absolute atomic E-state index is 0.0376. The summed E-state index contributed by atoms with van der Waals surface area (Å²) < 4.78 is 27.1. The molecule has 0 amide bonds. The third-order valence-corrected chi connectivity index (χ3v) is 5.12. The van der Waals surface area contributed by atoms with Crippen molar-refractivity contribution in [1.29, 1.82) is 5.26 Å². The van der Waals surface area contributed by atoms with Gasteiger partial charge < -0.3 is 0 Å². The van der Waals surface area contributed by atoms with Gasteiger partial charge in [0.1, 0.15) is 6.07 Å². The summed E-state index contributed by atoms with van der Waals surface area (Å²) in [6.45, 7) is 1.41. The van der Waals surface area contributed by atoms with Gasteiger partial charge in [-0.15, -0.1) is 0 Å². The molecule has 0 aliphatic carbocycles. The number of nitro groups is 1. The van der Waals surface area contributed by atoms with Crippen LogP contribution in [0.15, 0.2) is 35.2 Å². The molecule has 0 bridgehead atoms. The Morgan fingerprint density at radius 1 is 1.25 bits per heavy atom. The molecular weight excluding hydrogens is 377 g/mol. The number of hydrogen-bond donors (Lipinski definition) is 1. The Bertz CT molecular complexity index is 984. The van der Waals surface area contributed by atoms with Crippen molar-refractivity contribution in [2.75, 3.05) is 4.72 Å². The van der Waals surface area contributed by atoms with E-state index in [0.29, 0.717) is 0 Å². The number of nitrogens with zero attached hydrogens (tertiary/aromatic N) is 2. The molecule has 0 unspecified atom stereocenters. The highest BCUT2D eigenvalue weighted by molar-refractivity contribution is 7.92. The highest BCUT2D eigenvalue weighted by Gasteiger charge is 2.23. The molecule has 7 nitrogen and oxygen atoms in total. The lowest BCUT2D eigenvalue weighted by Gasteiger charge is -2.11. The second-order valence-electron chi connectivity index (χ2n) is 4.71. The Morgan fingerprint density at radius 2 is 1.92 bits per heavy atom. The van der Waals surface area contributed by atoms with Crippen LogP contribution in [0.2, 0.25) is 10.0 Å². The van der Waals surface area contributed by atoms with Crippen LogP contribution >= 0.6 is 23.2 Å². The van der Waals surface area contributed by atoms with Crippen LogP contribution in [0.25, 0.3) is 0 Å². The fourth-order valence-corrected chi connectivity index (χ4v) is 3.45. The van der Waals surface area contributed by atoms with E-state index < -0.39 is 25.5 Å². The first-order valence-corrected chi connectivity index (χ1v) is 8.56. The van der Waals surface area contributed by atoms with E-state index in [1.807, 2.05) is 6.07 Å². The van der Waals surface area contributed by atoms with Crippen LogP contribution < -0.4 is 4.72 Å². The van der Waals surface area contributed by atoms with Crippen molar-refractivity contribution in [2.45, 2.75) is 11.8 Å². The van der Waals surface area contributed by atoms with E-state index in [1.54, 1.807) is 0 Å². The lowest BCUT2D eigenvalue weighted by molar-refractivity contribution is -0.385. The molecular formula is C14H9Cl2N3O4S. The summed E-state index contributed by atoms with van der Waals surface area (Å²) in [6, 6.07) is 7.88. The first kappa shape index (κ1) is 18.0. The maximum Gasteiger partial charge on any atom is 0.275 e. The van der Waals surface area contributed by atoms with Crippen LogP contribution in [0.4, 0.5) is 11.4 Å². The number of sulfonamides is 1. The van der Waals surface area contributed by atoms with Gasteiger partial charge in [0.15, 0.2) is 0 Å². The topological polar surface area (TPSA) is 113 Å². The summed E-state index contributed by atoms with van der Waals surface area (Å²) in [5, 5.41) is 20.2. The third-order valence-electron chi connectivity index (χ3n) is 3.14. The Hall–Kier alpha value is -2.34. The molecule has 2 aromatic carbocycles. The molecule has 0 atom stereocenters. The number of rotatable bonds is 4. The van der Waals surface area contributed by atoms with E-state index >= 15 is 0 Å². The van der Waals surface area contributed by atoms with Crippen LogP contribution in [-0.4, -0.2) is 13.3 Å². The summed E-state index contributed by atoms with van der Waals surface area (Å²) in [4.78, 5) is 9.91. The second-order valence-corrected chi connectivity index (χ2v) is 7.24. The van der Waals surface area contributed by atoms with Gasteiger partial charge in [-0.1, -0.05) is 23.2 Å². The Kier molecular flexibility index (Phi) is 4.99.